The zero-order valence-electron chi connectivity index (χ0n) is 11.1. The maximum absolute atomic E-state index is 5.90. The molecular formula is C13H22N2O2. The summed E-state index contributed by atoms with van der Waals surface area (Å²) in [5, 5.41) is 0. The lowest BCUT2D eigenvalue weighted by molar-refractivity contribution is 0.384. The zero-order valence-corrected chi connectivity index (χ0v) is 11.1. The first-order valence-corrected chi connectivity index (χ1v) is 5.73. The molecule has 17 heavy (non-hydrogen) atoms. The molecule has 0 spiro atoms. The van der Waals surface area contributed by atoms with E-state index in [9.17, 15) is 0 Å². The van der Waals surface area contributed by atoms with Crippen LogP contribution in [-0.2, 0) is 6.42 Å². The molecule has 0 aliphatic heterocycles. The first-order valence-electron chi connectivity index (χ1n) is 5.73. The number of rotatable bonds is 6. The molecule has 0 aliphatic rings. The molecule has 0 aliphatic carbocycles. The first kappa shape index (κ1) is 13.6. The van der Waals surface area contributed by atoms with Crippen LogP contribution in [0.1, 0.15) is 12.0 Å². The zero-order chi connectivity index (χ0) is 12.8. The van der Waals surface area contributed by atoms with E-state index in [1.807, 2.05) is 12.1 Å². The van der Waals surface area contributed by atoms with Gasteiger partial charge in [0.05, 0.1) is 19.9 Å². The third-order valence-electron chi connectivity index (χ3n) is 2.68. The van der Waals surface area contributed by atoms with Crippen LogP contribution in [0, 0.1) is 0 Å². The Bertz CT molecular complexity index is 365. The number of nitrogen functional groups attached to an aromatic ring is 1. The fourth-order valence-corrected chi connectivity index (χ4v) is 1.77. The SMILES string of the molecule is COc1cc(OC)c(CCCN(C)C)cc1N. The van der Waals surface area contributed by atoms with Gasteiger partial charge in [0, 0.05) is 6.07 Å². The van der Waals surface area contributed by atoms with E-state index in [0.717, 1.165) is 30.7 Å². The van der Waals surface area contributed by atoms with Crippen LogP contribution in [0.15, 0.2) is 12.1 Å². The molecule has 0 fully saturated rings. The second-order valence-corrected chi connectivity index (χ2v) is 4.31. The largest absolute Gasteiger partial charge is 0.496 e. The van der Waals surface area contributed by atoms with Crippen molar-refractivity contribution in [3.8, 4) is 11.5 Å². The van der Waals surface area contributed by atoms with Crippen LogP contribution < -0.4 is 15.2 Å². The molecule has 1 aromatic carbocycles. The maximum atomic E-state index is 5.90. The third-order valence-corrected chi connectivity index (χ3v) is 2.68. The molecule has 0 saturated carbocycles. The summed E-state index contributed by atoms with van der Waals surface area (Å²) in [4.78, 5) is 2.17. The van der Waals surface area contributed by atoms with Gasteiger partial charge < -0.3 is 20.1 Å². The minimum Gasteiger partial charge on any atom is -0.496 e. The van der Waals surface area contributed by atoms with Gasteiger partial charge in [-0.3, -0.25) is 0 Å². The fraction of sp³-hybridized carbons (Fsp3) is 0.538. The quantitative estimate of drug-likeness (QED) is 0.767. The van der Waals surface area contributed by atoms with Gasteiger partial charge in [0.15, 0.2) is 0 Å². The second-order valence-electron chi connectivity index (χ2n) is 4.31. The van der Waals surface area contributed by atoms with Crippen molar-refractivity contribution in [3.63, 3.8) is 0 Å². The van der Waals surface area contributed by atoms with E-state index in [4.69, 9.17) is 15.2 Å². The van der Waals surface area contributed by atoms with Crippen LogP contribution in [-0.4, -0.2) is 39.8 Å². The average molecular weight is 238 g/mol. The number of ether oxygens (including phenoxy) is 2. The molecule has 96 valence electrons. The lowest BCUT2D eigenvalue weighted by Crippen LogP contribution is -2.13. The molecule has 4 nitrogen and oxygen atoms in total. The van der Waals surface area contributed by atoms with Crippen molar-refractivity contribution in [1.82, 2.24) is 4.90 Å². The van der Waals surface area contributed by atoms with E-state index in [2.05, 4.69) is 19.0 Å². The second kappa shape index (κ2) is 6.35. The van der Waals surface area contributed by atoms with Crippen LogP contribution in [0.5, 0.6) is 11.5 Å². The monoisotopic (exact) mass is 238 g/mol. The van der Waals surface area contributed by atoms with Gasteiger partial charge in [0.2, 0.25) is 0 Å². The molecule has 0 unspecified atom stereocenters. The fourth-order valence-electron chi connectivity index (χ4n) is 1.77. The number of nitrogens with zero attached hydrogens (tertiary/aromatic N) is 1. The van der Waals surface area contributed by atoms with Crippen LogP contribution >= 0.6 is 0 Å². The highest BCUT2D eigenvalue weighted by Gasteiger charge is 2.08. The van der Waals surface area contributed by atoms with E-state index < -0.39 is 0 Å². The van der Waals surface area contributed by atoms with Crippen molar-refractivity contribution < 1.29 is 9.47 Å². The number of methoxy groups -OCH3 is 2. The molecular weight excluding hydrogens is 216 g/mol. The minimum atomic E-state index is 0.660. The number of anilines is 1. The van der Waals surface area contributed by atoms with Crippen molar-refractivity contribution in [2.75, 3.05) is 40.6 Å². The van der Waals surface area contributed by atoms with Crippen LogP contribution in [0.2, 0.25) is 0 Å². The smallest absolute Gasteiger partial charge is 0.145 e. The van der Waals surface area contributed by atoms with Crippen LogP contribution in [0.3, 0.4) is 0 Å². The molecule has 0 saturated heterocycles. The molecule has 2 N–H and O–H groups in total. The standard InChI is InChI=1S/C13H22N2O2/c1-15(2)7-5-6-10-8-11(14)13(17-4)9-12(10)16-3/h8-9H,5-7,14H2,1-4H3. The Morgan fingerprint density at radius 1 is 1.12 bits per heavy atom. The highest BCUT2D eigenvalue weighted by atomic mass is 16.5. The summed E-state index contributed by atoms with van der Waals surface area (Å²) >= 11 is 0. The van der Waals surface area contributed by atoms with Gasteiger partial charge in [-0.2, -0.15) is 0 Å². The summed E-state index contributed by atoms with van der Waals surface area (Å²) in [6.45, 7) is 1.05. The molecule has 1 rings (SSSR count). The Labute approximate surface area is 103 Å². The lowest BCUT2D eigenvalue weighted by Gasteiger charge is -2.14. The predicted octanol–water partition coefficient (Wildman–Crippen LogP) is 1.78. The number of hydrogen-bond donors (Lipinski definition) is 1. The normalized spacial score (nSPS) is 10.6. The minimum absolute atomic E-state index is 0.660. The summed E-state index contributed by atoms with van der Waals surface area (Å²) in [6.07, 6.45) is 2.03. The summed E-state index contributed by atoms with van der Waals surface area (Å²) in [5.74, 6) is 1.51. The predicted molar refractivity (Wildman–Crippen MR) is 70.8 cm³/mol. The molecule has 4 heteroatoms. The number of nitrogens with two attached hydrogens (primary N) is 1. The van der Waals surface area contributed by atoms with Crippen LogP contribution in [0.4, 0.5) is 5.69 Å². The number of aryl methyl sites for hydroxylation is 1. The Morgan fingerprint density at radius 3 is 2.29 bits per heavy atom. The van der Waals surface area contributed by atoms with E-state index in [1.165, 1.54) is 0 Å². The highest BCUT2D eigenvalue weighted by Crippen LogP contribution is 2.31. The van der Waals surface area contributed by atoms with Gasteiger partial charge in [0.1, 0.15) is 11.5 Å². The van der Waals surface area contributed by atoms with Crippen molar-refractivity contribution in [2.45, 2.75) is 12.8 Å². The van der Waals surface area contributed by atoms with Crippen molar-refractivity contribution >= 4 is 5.69 Å². The first-order chi connectivity index (χ1) is 8.08. The molecule has 0 amide bonds. The van der Waals surface area contributed by atoms with Gasteiger partial charge >= 0.3 is 0 Å². The number of hydrogen-bond acceptors (Lipinski definition) is 4. The van der Waals surface area contributed by atoms with E-state index in [1.54, 1.807) is 14.2 Å². The Morgan fingerprint density at radius 2 is 1.76 bits per heavy atom. The maximum Gasteiger partial charge on any atom is 0.145 e. The molecule has 0 atom stereocenters. The van der Waals surface area contributed by atoms with Crippen LogP contribution in [0.25, 0.3) is 0 Å². The van der Waals surface area contributed by atoms with E-state index in [0.29, 0.717) is 11.4 Å². The van der Waals surface area contributed by atoms with Gasteiger partial charge in [0.25, 0.3) is 0 Å². The summed E-state index contributed by atoms with van der Waals surface area (Å²) in [7, 11) is 7.41. The van der Waals surface area contributed by atoms with Crippen molar-refractivity contribution in [2.24, 2.45) is 0 Å². The van der Waals surface area contributed by atoms with Gasteiger partial charge in [-0.15, -0.1) is 0 Å². The Hall–Kier alpha value is -1.42. The average Bonchev–Trinajstić information content (AvgIpc) is 2.29. The van der Waals surface area contributed by atoms with Gasteiger partial charge in [-0.1, -0.05) is 0 Å². The molecule has 0 bridgehead atoms. The lowest BCUT2D eigenvalue weighted by atomic mass is 10.1. The Balaban J connectivity index is 2.79. The summed E-state index contributed by atoms with van der Waals surface area (Å²) in [6, 6.07) is 3.79. The summed E-state index contributed by atoms with van der Waals surface area (Å²) in [5.41, 5.74) is 7.69. The Kier molecular flexibility index (Phi) is 5.10. The molecule has 0 radical (unpaired) electrons. The van der Waals surface area contributed by atoms with E-state index in [-0.39, 0.29) is 0 Å². The third kappa shape index (κ3) is 3.82. The van der Waals surface area contributed by atoms with Gasteiger partial charge in [-0.25, -0.2) is 0 Å². The summed E-state index contributed by atoms with van der Waals surface area (Å²) < 4.78 is 10.5. The van der Waals surface area contributed by atoms with Crippen molar-refractivity contribution in [3.05, 3.63) is 17.7 Å². The molecule has 0 heterocycles. The number of benzene rings is 1. The van der Waals surface area contributed by atoms with Crippen molar-refractivity contribution in [1.29, 1.82) is 0 Å². The molecule has 1 aromatic rings. The topological polar surface area (TPSA) is 47.7 Å². The van der Waals surface area contributed by atoms with E-state index >= 15 is 0 Å². The molecule has 0 aromatic heterocycles. The van der Waals surface area contributed by atoms with Gasteiger partial charge in [-0.05, 0) is 45.1 Å². The highest BCUT2D eigenvalue weighted by molar-refractivity contribution is 5.59.